The van der Waals surface area contributed by atoms with Crippen LogP contribution in [0.15, 0.2) is 22.7 Å². The summed E-state index contributed by atoms with van der Waals surface area (Å²) in [5.74, 6) is 1.10. The lowest BCUT2D eigenvalue weighted by Gasteiger charge is -2.11. The Bertz CT molecular complexity index is 474. The molecule has 96 valence electrons. The van der Waals surface area contributed by atoms with Crippen molar-refractivity contribution in [3.8, 4) is 5.75 Å². The van der Waals surface area contributed by atoms with Crippen LogP contribution >= 0.6 is 27.5 Å². The van der Waals surface area contributed by atoms with Crippen LogP contribution in [0.4, 0.5) is 0 Å². The minimum Gasteiger partial charge on any atom is -0.491 e. The van der Waals surface area contributed by atoms with E-state index in [1.165, 1.54) is 0 Å². The van der Waals surface area contributed by atoms with Gasteiger partial charge >= 0.3 is 0 Å². The Morgan fingerprint density at radius 3 is 2.71 bits per heavy atom. The lowest BCUT2D eigenvalue weighted by molar-refractivity contribution is 0.336. The lowest BCUT2D eigenvalue weighted by atomic mass is 10.2. The highest BCUT2D eigenvalue weighted by atomic mass is 79.9. The number of alkyl halides is 1. The van der Waals surface area contributed by atoms with Crippen LogP contribution in [0.5, 0.6) is 5.75 Å². The summed E-state index contributed by atoms with van der Waals surface area (Å²) in [5.41, 5.74) is 0.843. The summed E-state index contributed by atoms with van der Waals surface area (Å²) in [6.07, 6.45) is 0. The molecule has 0 aliphatic rings. The number of benzene rings is 1. The Labute approximate surface area is 115 Å². The fraction of sp³-hybridized carbons (Fsp3) is 0.455. The van der Waals surface area contributed by atoms with Crippen LogP contribution in [0.25, 0.3) is 0 Å². The van der Waals surface area contributed by atoms with Crippen molar-refractivity contribution in [1.29, 1.82) is 0 Å². The summed E-state index contributed by atoms with van der Waals surface area (Å²) >= 11 is 9.13. The van der Waals surface area contributed by atoms with Crippen LogP contribution in [-0.2, 0) is 15.7 Å². The van der Waals surface area contributed by atoms with Crippen LogP contribution in [-0.4, -0.2) is 26.5 Å². The van der Waals surface area contributed by atoms with Crippen molar-refractivity contribution in [2.24, 2.45) is 0 Å². The zero-order chi connectivity index (χ0) is 12.9. The van der Waals surface area contributed by atoms with Gasteiger partial charge in [0.2, 0.25) is 0 Å². The van der Waals surface area contributed by atoms with Gasteiger partial charge in [0.15, 0.2) is 9.84 Å². The van der Waals surface area contributed by atoms with Crippen molar-refractivity contribution in [1.82, 2.24) is 0 Å². The van der Waals surface area contributed by atoms with Crippen LogP contribution < -0.4 is 4.74 Å². The Morgan fingerprint density at radius 1 is 1.41 bits per heavy atom. The van der Waals surface area contributed by atoms with E-state index in [9.17, 15) is 8.42 Å². The summed E-state index contributed by atoms with van der Waals surface area (Å²) in [6, 6.07) is 5.54. The van der Waals surface area contributed by atoms with Gasteiger partial charge in [-0.2, -0.15) is 0 Å². The maximum atomic E-state index is 11.3. The highest BCUT2D eigenvalue weighted by Gasteiger charge is 2.11. The van der Waals surface area contributed by atoms with E-state index in [2.05, 4.69) is 15.9 Å². The van der Waals surface area contributed by atoms with Gasteiger partial charge in [-0.1, -0.05) is 19.1 Å². The molecule has 0 aliphatic carbocycles. The zero-order valence-electron chi connectivity index (χ0n) is 9.45. The molecule has 0 saturated carbocycles. The van der Waals surface area contributed by atoms with Gasteiger partial charge in [0.1, 0.15) is 12.4 Å². The first kappa shape index (κ1) is 14.8. The summed E-state index contributed by atoms with van der Waals surface area (Å²) in [6.45, 7) is 1.76. The minimum absolute atomic E-state index is 0.0204. The molecule has 3 nitrogen and oxygen atoms in total. The molecule has 0 radical (unpaired) electrons. The average Bonchev–Trinajstić information content (AvgIpc) is 2.31. The third-order valence-electron chi connectivity index (χ3n) is 2.27. The number of rotatable bonds is 6. The predicted octanol–water partition coefficient (Wildman–Crippen LogP) is 3.00. The van der Waals surface area contributed by atoms with Gasteiger partial charge in [0.25, 0.3) is 0 Å². The van der Waals surface area contributed by atoms with Gasteiger partial charge in [0.05, 0.1) is 16.1 Å². The molecule has 17 heavy (non-hydrogen) atoms. The van der Waals surface area contributed by atoms with Crippen molar-refractivity contribution >= 4 is 37.4 Å². The van der Waals surface area contributed by atoms with Gasteiger partial charge in [-0.25, -0.2) is 8.42 Å². The van der Waals surface area contributed by atoms with Crippen molar-refractivity contribution in [2.45, 2.75) is 12.8 Å². The summed E-state index contributed by atoms with van der Waals surface area (Å²) in [7, 11) is -3.00. The van der Waals surface area contributed by atoms with Crippen LogP contribution in [0, 0.1) is 0 Å². The SMILES string of the molecule is CCS(=O)(=O)CCOc1c(Br)cccc1CCl. The number of ether oxygens (including phenoxy) is 1. The molecule has 0 aromatic heterocycles. The maximum Gasteiger partial charge on any atom is 0.153 e. The highest BCUT2D eigenvalue weighted by Crippen LogP contribution is 2.30. The Kier molecular flexibility index (Phi) is 5.76. The third kappa shape index (κ3) is 4.48. The summed E-state index contributed by atoms with van der Waals surface area (Å²) in [4.78, 5) is 0. The molecule has 0 spiro atoms. The maximum absolute atomic E-state index is 11.3. The number of halogens is 2. The predicted molar refractivity (Wildman–Crippen MR) is 73.5 cm³/mol. The fourth-order valence-electron chi connectivity index (χ4n) is 1.24. The molecule has 1 aromatic rings. The van der Waals surface area contributed by atoms with Crippen molar-refractivity contribution in [3.63, 3.8) is 0 Å². The van der Waals surface area contributed by atoms with Gasteiger partial charge in [-0.05, 0) is 22.0 Å². The standard InChI is InChI=1S/C11H14BrClO3S/c1-2-17(14,15)7-6-16-11-9(8-13)4-3-5-10(11)12/h3-5H,2,6-8H2,1H3. The minimum atomic E-state index is -3.00. The van der Waals surface area contributed by atoms with Gasteiger partial charge in [-0.3, -0.25) is 0 Å². The van der Waals surface area contributed by atoms with E-state index in [-0.39, 0.29) is 18.1 Å². The Hall–Kier alpha value is -0.260. The van der Waals surface area contributed by atoms with E-state index in [1.54, 1.807) is 6.92 Å². The van der Waals surface area contributed by atoms with E-state index in [0.717, 1.165) is 10.0 Å². The molecule has 1 aromatic carbocycles. The first-order valence-electron chi connectivity index (χ1n) is 5.16. The van der Waals surface area contributed by atoms with E-state index < -0.39 is 9.84 Å². The van der Waals surface area contributed by atoms with Crippen LogP contribution in [0.1, 0.15) is 12.5 Å². The molecule has 0 fully saturated rings. The van der Waals surface area contributed by atoms with E-state index in [0.29, 0.717) is 11.6 Å². The monoisotopic (exact) mass is 340 g/mol. The van der Waals surface area contributed by atoms with E-state index >= 15 is 0 Å². The van der Waals surface area contributed by atoms with Crippen molar-refractivity contribution < 1.29 is 13.2 Å². The second kappa shape index (κ2) is 6.61. The van der Waals surface area contributed by atoms with E-state index in [4.69, 9.17) is 16.3 Å². The Morgan fingerprint density at radius 2 is 2.12 bits per heavy atom. The first-order chi connectivity index (χ1) is 8.00. The van der Waals surface area contributed by atoms with Crippen LogP contribution in [0.3, 0.4) is 0 Å². The lowest BCUT2D eigenvalue weighted by Crippen LogP contribution is -2.16. The zero-order valence-corrected chi connectivity index (χ0v) is 12.6. The molecule has 0 amide bonds. The third-order valence-corrected chi connectivity index (χ3v) is 4.85. The van der Waals surface area contributed by atoms with Crippen LogP contribution in [0.2, 0.25) is 0 Å². The topological polar surface area (TPSA) is 43.4 Å². The molecule has 0 atom stereocenters. The van der Waals surface area contributed by atoms with Gasteiger partial charge in [-0.15, -0.1) is 11.6 Å². The normalized spacial score (nSPS) is 11.5. The highest BCUT2D eigenvalue weighted by molar-refractivity contribution is 9.10. The fourth-order valence-corrected chi connectivity index (χ4v) is 2.59. The summed E-state index contributed by atoms with van der Waals surface area (Å²) in [5, 5.41) is 0. The largest absolute Gasteiger partial charge is 0.491 e. The second-order valence-electron chi connectivity index (χ2n) is 3.45. The number of para-hydroxylation sites is 1. The van der Waals surface area contributed by atoms with Gasteiger partial charge in [0, 0.05) is 11.3 Å². The molecular formula is C11H14BrClO3S. The number of hydrogen-bond donors (Lipinski definition) is 0. The average molecular weight is 342 g/mol. The van der Waals surface area contributed by atoms with Crippen molar-refractivity contribution in [2.75, 3.05) is 18.1 Å². The first-order valence-corrected chi connectivity index (χ1v) is 8.31. The molecular weight excluding hydrogens is 328 g/mol. The molecule has 0 unspecified atom stereocenters. The number of hydrogen-bond acceptors (Lipinski definition) is 3. The molecule has 0 heterocycles. The Balaban J connectivity index is 2.70. The molecule has 0 saturated heterocycles. The molecule has 0 aliphatic heterocycles. The van der Waals surface area contributed by atoms with Crippen molar-refractivity contribution in [3.05, 3.63) is 28.2 Å². The van der Waals surface area contributed by atoms with E-state index in [1.807, 2.05) is 18.2 Å². The summed E-state index contributed by atoms with van der Waals surface area (Å²) < 4.78 is 28.9. The number of sulfone groups is 1. The molecule has 6 heteroatoms. The smallest absolute Gasteiger partial charge is 0.153 e. The molecule has 0 bridgehead atoms. The van der Waals surface area contributed by atoms with Gasteiger partial charge < -0.3 is 4.74 Å². The second-order valence-corrected chi connectivity index (χ2v) is 7.04. The quantitative estimate of drug-likeness (QED) is 0.747. The molecule has 0 N–H and O–H groups in total. The molecule has 1 rings (SSSR count).